The molecule has 180 valence electrons. The van der Waals surface area contributed by atoms with E-state index in [0.717, 1.165) is 6.42 Å². The molecule has 0 aliphatic carbocycles. The molecule has 0 saturated heterocycles. The van der Waals surface area contributed by atoms with Gasteiger partial charge in [-0.25, -0.2) is 0 Å². The number of rotatable bonds is 9. The van der Waals surface area contributed by atoms with Crippen molar-refractivity contribution in [3.8, 4) is 0 Å². The Labute approximate surface area is 224 Å². The molecule has 0 nitrogen and oxygen atoms in total. The Kier molecular flexibility index (Phi) is 8.75. The first-order valence-corrected chi connectivity index (χ1v) is 15.0. The molecular weight excluding hydrogens is 481 g/mol. The molecule has 0 atom stereocenters. The van der Waals surface area contributed by atoms with Crippen molar-refractivity contribution >= 4 is 35.3 Å². The molecule has 0 bridgehead atoms. The van der Waals surface area contributed by atoms with E-state index in [9.17, 15) is 0 Å². The smallest absolute Gasteiger partial charge is 0.0171 e. The minimum atomic E-state index is -0.0372. The summed E-state index contributed by atoms with van der Waals surface area (Å²) in [5.41, 5.74) is 4.24. The van der Waals surface area contributed by atoms with Crippen LogP contribution in [0.3, 0.4) is 0 Å². The fourth-order valence-corrected chi connectivity index (χ4v) is 7.76. The molecule has 0 N–H and O–H groups in total. The average molecular weight is 515 g/mol. The largest absolute Gasteiger partial charge is 0.129 e. The summed E-state index contributed by atoms with van der Waals surface area (Å²) in [6.45, 7) is 9.37. The molecule has 35 heavy (non-hydrogen) atoms. The van der Waals surface area contributed by atoms with Gasteiger partial charge in [-0.05, 0) is 83.2 Å². The first-order valence-electron chi connectivity index (χ1n) is 12.1. The van der Waals surface area contributed by atoms with Gasteiger partial charge < -0.3 is 0 Å². The molecule has 4 rings (SSSR count). The number of benzene rings is 4. The van der Waals surface area contributed by atoms with Crippen molar-refractivity contribution in [1.82, 2.24) is 0 Å². The number of hydrogen-bond acceptors (Lipinski definition) is 3. The summed E-state index contributed by atoms with van der Waals surface area (Å²) in [6.07, 6.45) is 3.18. The van der Waals surface area contributed by atoms with Crippen molar-refractivity contribution < 1.29 is 0 Å². The summed E-state index contributed by atoms with van der Waals surface area (Å²) in [4.78, 5) is 6.63. The number of thioether (sulfide) groups is 1. The predicted molar refractivity (Wildman–Crippen MR) is 157 cm³/mol. The fourth-order valence-electron chi connectivity index (χ4n) is 4.52. The van der Waals surface area contributed by atoms with Crippen molar-refractivity contribution in [3.63, 3.8) is 0 Å². The Morgan fingerprint density at radius 2 is 1.20 bits per heavy atom. The lowest BCUT2D eigenvalue weighted by Crippen LogP contribution is -2.22. The van der Waals surface area contributed by atoms with Gasteiger partial charge in [0.15, 0.2) is 0 Å². The quantitative estimate of drug-likeness (QED) is 0.204. The predicted octanol–water partition coefficient (Wildman–Crippen LogP) is 10.4. The molecule has 0 aliphatic heterocycles. The van der Waals surface area contributed by atoms with Crippen molar-refractivity contribution in [1.29, 1.82) is 0 Å². The van der Waals surface area contributed by atoms with Gasteiger partial charge in [0.2, 0.25) is 0 Å². The molecule has 4 aromatic carbocycles. The molecule has 0 unspecified atom stereocenters. The topological polar surface area (TPSA) is 0 Å². The lowest BCUT2D eigenvalue weighted by Gasteiger charge is -2.31. The highest BCUT2D eigenvalue weighted by molar-refractivity contribution is 8.00. The van der Waals surface area contributed by atoms with E-state index in [-0.39, 0.29) is 5.41 Å². The summed E-state index contributed by atoms with van der Waals surface area (Å²) < 4.78 is 0. The van der Waals surface area contributed by atoms with Crippen LogP contribution in [0.15, 0.2) is 122 Å². The van der Waals surface area contributed by atoms with Gasteiger partial charge in [0.1, 0.15) is 0 Å². The van der Waals surface area contributed by atoms with Gasteiger partial charge in [0, 0.05) is 24.5 Å². The second-order valence-corrected chi connectivity index (χ2v) is 12.8. The van der Waals surface area contributed by atoms with Crippen molar-refractivity contribution in [2.45, 2.75) is 69.9 Å². The highest BCUT2D eigenvalue weighted by Gasteiger charge is 2.28. The van der Waals surface area contributed by atoms with Gasteiger partial charge in [-0.15, -0.1) is 11.8 Å². The molecule has 0 saturated carbocycles. The highest BCUT2D eigenvalue weighted by Crippen LogP contribution is 2.45. The molecule has 3 heteroatoms. The minimum absolute atomic E-state index is 0.0372. The van der Waals surface area contributed by atoms with Gasteiger partial charge in [-0.2, -0.15) is 0 Å². The molecule has 0 fully saturated rings. The van der Waals surface area contributed by atoms with Gasteiger partial charge in [-0.1, -0.05) is 106 Å². The zero-order chi connectivity index (χ0) is 24.8. The van der Waals surface area contributed by atoms with Crippen LogP contribution in [0.5, 0.6) is 0 Å². The van der Waals surface area contributed by atoms with Crippen LogP contribution in [0.1, 0.15) is 50.3 Å². The molecule has 0 radical (unpaired) electrons. The normalized spacial score (nSPS) is 11.7. The van der Waals surface area contributed by atoms with Crippen molar-refractivity contribution in [3.05, 3.63) is 114 Å². The Hall–Kier alpha value is -2.07. The Morgan fingerprint density at radius 3 is 1.69 bits per heavy atom. The van der Waals surface area contributed by atoms with Gasteiger partial charge in [-0.3, -0.25) is 0 Å². The van der Waals surface area contributed by atoms with E-state index in [4.69, 9.17) is 0 Å². The van der Waals surface area contributed by atoms with E-state index in [1.54, 1.807) is 0 Å². The van der Waals surface area contributed by atoms with Gasteiger partial charge >= 0.3 is 0 Å². The maximum absolute atomic E-state index is 2.42. The van der Waals surface area contributed by atoms with Gasteiger partial charge in [0.25, 0.3) is 0 Å². The van der Waals surface area contributed by atoms with Crippen LogP contribution in [-0.2, 0) is 11.8 Å². The summed E-state index contributed by atoms with van der Waals surface area (Å²) in [5.74, 6) is 0.538. The molecule has 0 spiro atoms. The summed E-state index contributed by atoms with van der Waals surface area (Å²) >= 11 is 5.61. The summed E-state index contributed by atoms with van der Waals surface area (Å²) in [5, 5.41) is 0. The Morgan fingerprint density at radius 1 is 0.657 bits per heavy atom. The molecule has 0 heterocycles. The lowest BCUT2D eigenvalue weighted by atomic mass is 9.79. The molecule has 0 aliphatic rings. The lowest BCUT2D eigenvalue weighted by molar-refractivity contribution is 0.501. The monoisotopic (exact) mass is 514 g/mol. The molecule has 4 aromatic rings. The van der Waals surface area contributed by atoms with E-state index in [1.807, 2.05) is 35.3 Å². The van der Waals surface area contributed by atoms with Crippen molar-refractivity contribution in [2.24, 2.45) is 0 Å². The molecule has 0 amide bonds. The third-order valence-electron chi connectivity index (χ3n) is 6.17. The fraction of sp³-hybridized carbons (Fsp3) is 0.250. The van der Waals surface area contributed by atoms with Crippen LogP contribution in [0, 0.1) is 0 Å². The van der Waals surface area contributed by atoms with E-state index in [0.29, 0.717) is 5.92 Å². The minimum Gasteiger partial charge on any atom is -0.129 e. The summed E-state index contributed by atoms with van der Waals surface area (Å²) in [6, 6.07) is 35.3. The van der Waals surface area contributed by atoms with E-state index < -0.39 is 0 Å². The second kappa shape index (κ2) is 11.8. The van der Waals surface area contributed by atoms with E-state index in [2.05, 4.69) is 131 Å². The van der Waals surface area contributed by atoms with E-state index in [1.165, 1.54) is 41.2 Å². The second-order valence-electron chi connectivity index (χ2n) is 9.75. The highest BCUT2D eigenvalue weighted by atomic mass is 32.2. The third kappa shape index (κ3) is 6.58. The molecule has 0 aromatic heterocycles. The van der Waals surface area contributed by atoms with Crippen LogP contribution in [-0.4, -0.2) is 6.26 Å². The average Bonchev–Trinajstić information content (AvgIpc) is 2.85. The number of hydrogen-bond donors (Lipinski definition) is 0. The van der Waals surface area contributed by atoms with Crippen LogP contribution in [0.2, 0.25) is 0 Å². The maximum atomic E-state index is 2.42. The van der Waals surface area contributed by atoms with Crippen LogP contribution in [0.25, 0.3) is 0 Å². The maximum Gasteiger partial charge on any atom is 0.0171 e. The van der Waals surface area contributed by atoms with Gasteiger partial charge in [0.05, 0.1) is 0 Å². The Bertz CT molecular complexity index is 1180. The Balaban J connectivity index is 1.76. The standard InChI is InChI=1S/C32H34S3/c1-23(2)27-20-19-24(21-30(27)33-5)22-32(3,4)31-28(34-25-13-8-6-9-14-25)17-12-18-29(31)35-26-15-10-7-11-16-26/h6-21,23H,22H2,1-5H3. The van der Waals surface area contributed by atoms with Crippen LogP contribution < -0.4 is 0 Å². The zero-order valence-corrected chi connectivity index (χ0v) is 23.7. The first kappa shape index (κ1) is 26.0. The first-order chi connectivity index (χ1) is 16.9. The third-order valence-corrected chi connectivity index (χ3v) is 9.10. The van der Waals surface area contributed by atoms with E-state index >= 15 is 0 Å². The van der Waals surface area contributed by atoms with Crippen LogP contribution in [0.4, 0.5) is 0 Å². The zero-order valence-electron chi connectivity index (χ0n) is 21.2. The van der Waals surface area contributed by atoms with Crippen LogP contribution >= 0.6 is 35.3 Å². The SMILES string of the molecule is CSc1cc(CC(C)(C)c2c(Sc3ccccc3)cccc2Sc2ccccc2)ccc1C(C)C. The van der Waals surface area contributed by atoms with Crippen molar-refractivity contribution in [2.75, 3.05) is 6.26 Å². The molecular formula is C32H34S3. The summed E-state index contributed by atoms with van der Waals surface area (Å²) in [7, 11) is 0.